The van der Waals surface area contributed by atoms with Gasteiger partial charge in [-0.3, -0.25) is 14.4 Å². The van der Waals surface area contributed by atoms with Crippen LogP contribution in [0.4, 0.5) is 0 Å². The summed E-state index contributed by atoms with van der Waals surface area (Å²) in [6.45, 7) is 6.39. The average Bonchev–Trinajstić information content (AvgIpc) is 3.39. The van der Waals surface area contributed by atoms with Crippen molar-refractivity contribution in [3.8, 4) is 0 Å². The number of hydrogen-bond donors (Lipinski definition) is 0. The zero-order valence-corrected chi connectivity index (χ0v) is 47.6. The van der Waals surface area contributed by atoms with Crippen LogP contribution < -0.4 is 0 Å². The molecule has 0 rings (SSSR count). The Bertz CT molecular complexity index is 1490. The number of ether oxygens (including phenoxy) is 3. The molecule has 0 saturated carbocycles. The van der Waals surface area contributed by atoms with Crippen molar-refractivity contribution >= 4 is 17.9 Å². The minimum atomic E-state index is -0.791. The lowest BCUT2D eigenvalue weighted by molar-refractivity contribution is -0.167. The molecule has 0 radical (unpaired) electrons. The smallest absolute Gasteiger partial charge is 0.306 e. The Hall–Kier alpha value is -3.93. The predicted molar refractivity (Wildman–Crippen MR) is 316 cm³/mol. The van der Waals surface area contributed by atoms with Gasteiger partial charge in [0.2, 0.25) is 0 Å². The van der Waals surface area contributed by atoms with Crippen molar-refractivity contribution in [3.63, 3.8) is 0 Å². The highest BCUT2D eigenvalue weighted by molar-refractivity contribution is 5.71. The van der Waals surface area contributed by atoms with Gasteiger partial charge in [0.05, 0.1) is 0 Å². The van der Waals surface area contributed by atoms with E-state index in [1.165, 1.54) is 109 Å². The van der Waals surface area contributed by atoms with Crippen LogP contribution >= 0.6 is 0 Å². The van der Waals surface area contributed by atoms with Crippen LogP contribution in [0.25, 0.3) is 0 Å². The molecule has 0 aromatic heterocycles. The van der Waals surface area contributed by atoms with Gasteiger partial charge in [-0.15, -0.1) is 0 Å². The van der Waals surface area contributed by atoms with Gasteiger partial charge in [0.15, 0.2) is 6.10 Å². The number of carbonyl (C=O) groups is 3. The van der Waals surface area contributed by atoms with E-state index in [2.05, 4.69) is 130 Å². The Labute approximate surface area is 450 Å². The fraction of sp³-hybridized carbons (Fsp3) is 0.687. The highest BCUT2D eigenvalue weighted by atomic mass is 16.6. The molecule has 0 spiro atoms. The Morgan fingerprint density at radius 1 is 0.288 bits per heavy atom. The summed E-state index contributed by atoms with van der Waals surface area (Å²) in [5.41, 5.74) is 0. The van der Waals surface area contributed by atoms with Crippen molar-refractivity contribution in [2.24, 2.45) is 0 Å². The fourth-order valence-electron chi connectivity index (χ4n) is 8.24. The highest BCUT2D eigenvalue weighted by Gasteiger charge is 2.19. The molecule has 73 heavy (non-hydrogen) atoms. The van der Waals surface area contributed by atoms with Gasteiger partial charge in [0.25, 0.3) is 0 Å². The predicted octanol–water partition coefficient (Wildman–Crippen LogP) is 20.7. The molecule has 6 heteroatoms. The molecule has 0 bridgehead atoms. The first kappa shape index (κ1) is 69.1. The first-order valence-corrected chi connectivity index (χ1v) is 30.4. The second-order valence-corrected chi connectivity index (χ2v) is 19.8. The minimum Gasteiger partial charge on any atom is -0.462 e. The Morgan fingerprint density at radius 2 is 0.534 bits per heavy atom. The van der Waals surface area contributed by atoms with Gasteiger partial charge < -0.3 is 14.2 Å². The summed E-state index contributed by atoms with van der Waals surface area (Å²) in [7, 11) is 0. The quantitative estimate of drug-likeness (QED) is 0.0261. The highest BCUT2D eigenvalue weighted by Crippen LogP contribution is 2.15. The van der Waals surface area contributed by atoms with Crippen molar-refractivity contribution in [1.82, 2.24) is 0 Å². The Morgan fingerprint density at radius 3 is 0.849 bits per heavy atom. The van der Waals surface area contributed by atoms with Crippen LogP contribution in [0, 0.1) is 0 Å². The normalized spacial score (nSPS) is 12.9. The van der Waals surface area contributed by atoms with E-state index in [9.17, 15) is 14.4 Å². The molecule has 0 aromatic rings. The monoisotopic (exact) mass is 1010 g/mol. The van der Waals surface area contributed by atoms with E-state index in [1.54, 1.807) is 0 Å². The SMILES string of the molecule is CC/C=C\C/C=C\C/C=C\C/C=C\C/C=C\CCCCCCCCCCCC(=O)OCC(COC(=O)CCCCCCC/C=C\CCCCCC)OC(=O)CCCCCCCCC/C=C\C/C=C\C/C=C\CC. The van der Waals surface area contributed by atoms with E-state index in [4.69, 9.17) is 14.2 Å². The summed E-state index contributed by atoms with van der Waals surface area (Å²) >= 11 is 0. The van der Waals surface area contributed by atoms with Crippen LogP contribution in [0.2, 0.25) is 0 Å². The molecule has 0 heterocycles. The summed E-state index contributed by atoms with van der Waals surface area (Å²) < 4.78 is 16.9. The van der Waals surface area contributed by atoms with Crippen molar-refractivity contribution in [2.75, 3.05) is 13.2 Å². The van der Waals surface area contributed by atoms with Gasteiger partial charge in [-0.2, -0.15) is 0 Å². The van der Waals surface area contributed by atoms with Gasteiger partial charge in [-0.05, 0) is 122 Å². The number of allylic oxidation sites excluding steroid dienone is 18. The fourth-order valence-corrected chi connectivity index (χ4v) is 8.24. The number of rotatable bonds is 54. The van der Waals surface area contributed by atoms with Gasteiger partial charge in [-0.1, -0.05) is 246 Å². The van der Waals surface area contributed by atoms with Crippen LogP contribution in [0.15, 0.2) is 109 Å². The van der Waals surface area contributed by atoms with E-state index in [0.717, 1.165) is 128 Å². The van der Waals surface area contributed by atoms with E-state index in [-0.39, 0.29) is 31.1 Å². The van der Waals surface area contributed by atoms with E-state index < -0.39 is 6.10 Å². The van der Waals surface area contributed by atoms with Crippen molar-refractivity contribution < 1.29 is 28.6 Å². The van der Waals surface area contributed by atoms with Crippen molar-refractivity contribution in [1.29, 1.82) is 0 Å². The third-order valence-corrected chi connectivity index (χ3v) is 12.7. The lowest BCUT2D eigenvalue weighted by Gasteiger charge is -2.18. The summed E-state index contributed by atoms with van der Waals surface area (Å²) in [4.78, 5) is 38.2. The zero-order chi connectivity index (χ0) is 52.9. The summed E-state index contributed by atoms with van der Waals surface area (Å²) in [6, 6.07) is 0. The maximum atomic E-state index is 12.9. The first-order chi connectivity index (χ1) is 36.0. The number of carbonyl (C=O) groups excluding carboxylic acids is 3. The second-order valence-electron chi connectivity index (χ2n) is 19.8. The van der Waals surface area contributed by atoms with Gasteiger partial charge >= 0.3 is 17.9 Å². The summed E-state index contributed by atoms with van der Waals surface area (Å²) in [6.07, 6.45) is 82.2. The maximum absolute atomic E-state index is 12.9. The van der Waals surface area contributed by atoms with Crippen molar-refractivity contribution in [3.05, 3.63) is 109 Å². The average molecular weight is 1010 g/mol. The molecule has 6 nitrogen and oxygen atoms in total. The van der Waals surface area contributed by atoms with Gasteiger partial charge in [-0.25, -0.2) is 0 Å². The molecule has 0 aliphatic rings. The van der Waals surface area contributed by atoms with Crippen LogP contribution in [0.3, 0.4) is 0 Å². The Balaban J connectivity index is 4.36. The molecular formula is C67H112O6. The van der Waals surface area contributed by atoms with Crippen LogP contribution in [-0.4, -0.2) is 37.2 Å². The van der Waals surface area contributed by atoms with Crippen molar-refractivity contribution in [2.45, 2.75) is 284 Å². The molecule has 0 fully saturated rings. The lowest BCUT2D eigenvalue weighted by Crippen LogP contribution is -2.30. The van der Waals surface area contributed by atoms with Gasteiger partial charge in [0, 0.05) is 19.3 Å². The van der Waals surface area contributed by atoms with E-state index >= 15 is 0 Å². The Kier molecular flexibility index (Phi) is 57.4. The van der Waals surface area contributed by atoms with E-state index in [0.29, 0.717) is 19.3 Å². The molecule has 0 aromatic carbocycles. The molecule has 0 saturated heterocycles. The molecule has 1 unspecified atom stereocenters. The molecule has 416 valence electrons. The lowest BCUT2D eigenvalue weighted by atomic mass is 10.1. The number of esters is 3. The van der Waals surface area contributed by atoms with E-state index in [1.807, 2.05) is 0 Å². The largest absolute Gasteiger partial charge is 0.462 e. The van der Waals surface area contributed by atoms with Crippen LogP contribution in [0.1, 0.15) is 278 Å². The van der Waals surface area contributed by atoms with Gasteiger partial charge in [0.1, 0.15) is 13.2 Å². The molecule has 0 N–H and O–H groups in total. The van der Waals surface area contributed by atoms with Crippen LogP contribution in [0.5, 0.6) is 0 Å². The molecule has 1 atom stereocenters. The number of unbranched alkanes of at least 4 members (excludes halogenated alkanes) is 25. The standard InChI is InChI=1S/C67H112O6/c1-4-7-10-13-16-19-22-25-27-29-30-31-32-33-34-35-36-38-39-42-45-48-51-54-57-60-66(69)72-63-64(62-71-65(68)59-56-53-50-47-44-41-24-21-18-15-12-9-6-3)73-67(70)61-58-55-52-49-46-43-40-37-28-26-23-20-17-14-11-8-5-2/h7-8,10-11,16-17,19-21,24-28,30-31,33-34,64H,4-6,9,12-15,18,22-23,29,32,35-63H2,1-3H3/b10-7-,11-8-,19-16-,20-17-,24-21-,27-25-,28-26-,31-30-,34-33-. The maximum Gasteiger partial charge on any atom is 0.306 e. The first-order valence-electron chi connectivity index (χ1n) is 30.4. The summed E-state index contributed by atoms with van der Waals surface area (Å²) in [5.74, 6) is -0.909. The topological polar surface area (TPSA) is 78.9 Å². The zero-order valence-electron chi connectivity index (χ0n) is 47.6. The summed E-state index contributed by atoms with van der Waals surface area (Å²) in [5, 5.41) is 0. The van der Waals surface area contributed by atoms with Crippen LogP contribution in [-0.2, 0) is 28.6 Å². The second kappa shape index (κ2) is 60.6. The molecular weight excluding hydrogens is 901 g/mol. The molecule has 0 aliphatic heterocycles. The third-order valence-electron chi connectivity index (χ3n) is 12.7. The third kappa shape index (κ3) is 58.8. The number of hydrogen-bond acceptors (Lipinski definition) is 6. The minimum absolute atomic E-state index is 0.0886. The molecule has 0 amide bonds. The molecule has 0 aliphatic carbocycles.